The number of aryl methyl sites for hydroxylation is 4. The normalized spacial score (nSPS) is 12.4. The van der Waals surface area contributed by atoms with Gasteiger partial charge in [0, 0.05) is 32.0 Å². The van der Waals surface area contributed by atoms with Crippen molar-refractivity contribution in [3.8, 4) is 11.5 Å². The van der Waals surface area contributed by atoms with Crippen LogP contribution in [0.15, 0.2) is 30.3 Å². The molecule has 146 valence electrons. The van der Waals surface area contributed by atoms with E-state index in [1.807, 2.05) is 56.9 Å². The van der Waals surface area contributed by atoms with Crippen LogP contribution in [0.3, 0.4) is 0 Å². The van der Waals surface area contributed by atoms with Crippen LogP contribution in [-0.4, -0.2) is 37.2 Å². The first-order chi connectivity index (χ1) is 13.4. The number of carbonyl (C=O) groups is 1. The lowest BCUT2D eigenvalue weighted by Gasteiger charge is -2.21. The first-order valence-electron chi connectivity index (χ1n) is 9.08. The molecule has 1 aromatic carbocycles. The number of amides is 1. The number of aromatic nitrogens is 4. The topological polar surface area (TPSA) is 74.4 Å². The maximum absolute atomic E-state index is 13.2. The van der Waals surface area contributed by atoms with E-state index >= 15 is 0 Å². The van der Waals surface area contributed by atoms with Crippen molar-refractivity contribution in [3.63, 3.8) is 0 Å². The Morgan fingerprint density at radius 3 is 2.39 bits per heavy atom. The zero-order valence-corrected chi connectivity index (χ0v) is 16.5. The molecule has 0 N–H and O–H groups in total. The van der Waals surface area contributed by atoms with Crippen molar-refractivity contribution in [1.29, 1.82) is 0 Å². The van der Waals surface area contributed by atoms with Crippen molar-refractivity contribution in [2.45, 2.75) is 26.9 Å². The Hall–Kier alpha value is -3.29. The van der Waals surface area contributed by atoms with Crippen molar-refractivity contribution in [1.82, 2.24) is 24.5 Å². The maximum atomic E-state index is 13.2. The largest absolute Gasteiger partial charge is 0.454 e. The van der Waals surface area contributed by atoms with E-state index in [2.05, 4.69) is 10.2 Å². The fraction of sp³-hybridized carbons (Fsp3) is 0.350. The molecule has 8 nitrogen and oxygen atoms in total. The third-order valence-electron chi connectivity index (χ3n) is 4.95. The molecule has 1 amide bonds. The minimum atomic E-state index is -0.135. The van der Waals surface area contributed by atoms with Gasteiger partial charge in [0.25, 0.3) is 5.91 Å². The van der Waals surface area contributed by atoms with Crippen LogP contribution in [0.5, 0.6) is 11.5 Å². The fourth-order valence-corrected chi connectivity index (χ4v) is 3.19. The van der Waals surface area contributed by atoms with Crippen LogP contribution in [0.2, 0.25) is 0 Å². The van der Waals surface area contributed by atoms with E-state index in [1.54, 1.807) is 15.6 Å². The minimum Gasteiger partial charge on any atom is -0.454 e. The molecule has 0 fully saturated rings. The second-order valence-corrected chi connectivity index (χ2v) is 7.04. The summed E-state index contributed by atoms with van der Waals surface area (Å²) in [5.41, 5.74) is 4.19. The molecular weight excluding hydrogens is 358 g/mol. The van der Waals surface area contributed by atoms with E-state index < -0.39 is 0 Å². The molecule has 0 bridgehead atoms. The molecule has 0 saturated carbocycles. The van der Waals surface area contributed by atoms with Gasteiger partial charge in [-0.1, -0.05) is 6.07 Å². The zero-order chi connectivity index (χ0) is 19.8. The highest BCUT2D eigenvalue weighted by Gasteiger charge is 2.22. The Labute approximate surface area is 163 Å². The third kappa shape index (κ3) is 3.45. The van der Waals surface area contributed by atoms with Gasteiger partial charge in [0.15, 0.2) is 17.2 Å². The van der Waals surface area contributed by atoms with Crippen LogP contribution in [0.25, 0.3) is 0 Å². The van der Waals surface area contributed by atoms with Crippen LogP contribution >= 0.6 is 0 Å². The molecule has 28 heavy (non-hydrogen) atoms. The number of ether oxygens (including phenoxy) is 2. The molecule has 0 spiro atoms. The predicted octanol–water partition coefficient (Wildman–Crippen LogP) is 2.34. The first-order valence-corrected chi connectivity index (χ1v) is 9.08. The first kappa shape index (κ1) is 18.1. The van der Waals surface area contributed by atoms with Crippen LogP contribution < -0.4 is 9.47 Å². The van der Waals surface area contributed by atoms with Crippen molar-refractivity contribution < 1.29 is 14.3 Å². The lowest BCUT2D eigenvalue weighted by Crippen LogP contribution is -2.30. The number of benzene rings is 1. The number of hydrogen-bond donors (Lipinski definition) is 0. The number of nitrogens with zero attached hydrogens (tertiary/aromatic N) is 5. The Morgan fingerprint density at radius 2 is 1.71 bits per heavy atom. The number of rotatable bonds is 5. The average Bonchev–Trinajstić information content (AvgIpc) is 3.34. The molecule has 2 aromatic heterocycles. The van der Waals surface area contributed by atoms with Gasteiger partial charge in [-0.15, -0.1) is 0 Å². The molecule has 0 saturated heterocycles. The summed E-state index contributed by atoms with van der Waals surface area (Å²) in [6.45, 7) is 4.95. The van der Waals surface area contributed by atoms with Crippen LogP contribution in [0, 0.1) is 13.8 Å². The highest BCUT2D eigenvalue weighted by atomic mass is 16.7. The van der Waals surface area contributed by atoms with E-state index in [0.717, 1.165) is 28.4 Å². The van der Waals surface area contributed by atoms with Crippen LogP contribution in [0.1, 0.15) is 33.1 Å². The number of fused-ring (bicyclic) bond motifs is 1. The predicted molar refractivity (Wildman–Crippen MR) is 102 cm³/mol. The summed E-state index contributed by atoms with van der Waals surface area (Å²) in [7, 11) is 3.72. The van der Waals surface area contributed by atoms with E-state index in [0.29, 0.717) is 24.5 Å². The van der Waals surface area contributed by atoms with Gasteiger partial charge < -0.3 is 14.4 Å². The van der Waals surface area contributed by atoms with Gasteiger partial charge in [-0.3, -0.25) is 14.2 Å². The van der Waals surface area contributed by atoms with E-state index in [4.69, 9.17) is 9.47 Å². The smallest absolute Gasteiger partial charge is 0.275 e. The lowest BCUT2D eigenvalue weighted by molar-refractivity contribution is 0.0720. The van der Waals surface area contributed by atoms with Gasteiger partial charge in [-0.25, -0.2) is 0 Å². The van der Waals surface area contributed by atoms with Gasteiger partial charge in [0.05, 0.1) is 12.2 Å². The Kier molecular flexibility index (Phi) is 4.54. The molecule has 3 aromatic rings. The fourth-order valence-electron chi connectivity index (χ4n) is 3.19. The van der Waals surface area contributed by atoms with E-state index in [-0.39, 0.29) is 12.7 Å². The van der Waals surface area contributed by atoms with Gasteiger partial charge in [0.2, 0.25) is 6.79 Å². The summed E-state index contributed by atoms with van der Waals surface area (Å²) in [5.74, 6) is 1.29. The Balaban J connectivity index is 1.63. The van der Waals surface area contributed by atoms with Crippen molar-refractivity contribution in [3.05, 3.63) is 58.7 Å². The van der Waals surface area contributed by atoms with Crippen molar-refractivity contribution >= 4 is 5.91 Å². The second-order valence-electron chi connectivity index (χ2n) is 7.04. The second kappa shape index (κ2) is 7.03. The molecule has 1 aliphatic heterocycles. The zero-order valence-electron chi connectivity index (χ0n) is 16.5. The number of hydrogen-bond acceptors (Lipinski definition) is 5. The molecule has 0 radical (unpaired) electrons. The summed E-state index contributed by atoms with van der Waals surface area (Å²) in [6.07, 6.45) is 0. The van der Waals surface area contributed by atoms with Crippen molar-refractivity contribution in [2.24, 2.45) is 14.1 Å². The SMILES string of the molecule is Cc1cc(CN(Cc2ccc3c(c2)OCO3)C(=O)c2cc(C)n(C)n2)nn1C. The third-order valence-corrected chi connectivity index (χ3v) is 4.95. The van der Waals surface area contributed by atoms with E-state index in [9.17, 15) is 4.79 Å². The Bertz CT molecular complexity index is 998. The molecular formula is C20H23N5O3. The van der Waals surface area contributed by atoms with Crippen LogP contribution in [0.4, 0.5) is 0 Å². The summed E-state index contributed by atoms with van der Waals surface area (Å²) in [6, 6.07) is 9.52. The molecule has 3 heterocycles. The molecule has 4 rings (SSSR count). The standard InChI is InChI=1S/C20H23N5O3/c1-13-7-16(21-23(13)3)11-25(20(26)17-8-14(2)24(4)22-17)10-15-5-6-18-19(9-15)28-12-27-18/h5-9H,10-12H2,1-4H3. The quantitative estimate of drug-likeness (QED) is 0.678. The molecule has 1 aliphatic rings. The highest BCUT2D eigenvalue weighted by Crippen LogP contribution is 2.33. The summed E-state index contributed by atoms with van der Waals surface area (Å²) >= 11 is 0. The van der Waals surface area contributed by atoms with E-state index in [1.165, 1.54) is 0 Å². The summed E-state index contributed by atoms with van der Waals surface area (Å²) in [5, 5.41) is 8.85. The lowest BCUT2D eigenvalue weighted by atomic mass is 10.1. The summed E-state index contributed by atoms with van der Waals surface area (Å²) in [4.78, 5) is 15.0. The Morgan fingerprint density at radius 1 is 1.00 bits per heavy atom. The van der Waals surface area contributed by atoms with Crippen LogP contribution in [-0.2, 0) is 27.2 Å². The summed E-state index contributed by atoms with van der Waals surface area (Å²) < 4.78 is 14.4. The maximum Gasteiger partial charge on any atom is 0.275 e. The monoisotopic (exact) mass is 381 g/mol. The molecule has 0 unspecified atom stereocenters. The molecule has 0 atom stereocenters. The number of carbonyl (C=O) groups excluding carboxylic acids is 1. The average molecular weight is 381 g/mol. The highest BCUT2D eigenvalue weighted by molar-refractivity contribution is 5.92. The minimum absolute atomic E-state index is 0.135. The molecule has 8 heteroatoms. The van der Waals surface area contributed by atoms with Gasteiger partial charge in [-0.2, -0.15) is 10.2 Å². The van der Waals surface area contributed by atoms with Crippen molar-refractivity contribution in [2.75, 3.05) is 6.79 Å². The van der Waals surface area contributed by atoms with Gasteiger partial charge in [-0.05, 0) is 43.7 Å². The van der Waals surface area contributed by atoms with Gasteiger partial charge in [0.1, 0.15) is 0 Å². The van der Waals surface area contributed by atoms with Gasteiger partial charge >= 0.3 is 0 Å². The molecule has 0 aliphatic carbocycles.